The highest BCUT2D eigenvalue weighted by Gasteiger charge is 2.10. The van der Waals surface area contributed by atoms with E-state index in [9.17, 15) is 9.59 Å². The Morgan fingerprint density at radius 3 is 2.59 bits per heavy atom. The Morgan fingerprint density at radius 1 is 1.19 bits per heavy atom. The smallest absolute Gasteiger partial charge is 0.252 e. The zero-order valence-electron chi connectivity index (χ0n) is 14.4. The van der Waals surface area contributed by atoms with Crippen molar-refractivity contribution in [2.75, 3.05) is 11.1 Å². The molecule has 0 saturated heterocycles. The van der Waals surface area contributed by atoms with Gasteiger partial charge in [-0.1, -0.05) is 23.9 Å². The minimum absolute atomic E-state index is 0.171. The highest BCUT2D eigenvalue weighted by Crippen LogP contribution is 2.26. The molecule has 1 heterocycles. The van der Waals surface area contributed by atoms with Crippen LogP contribution in [0.15, 0.2) is 53.7 Å². The summed E-state index contributed by atoms with van der Waals surface area (Å²) in [6.45, 7) is 1.79. The van der Waals surface area contributed by atoms with E-state index in [4.69, 9.17) is 10.5 Å². The Morgan fingerprint density at radius 2 is 1.93 bits per heavy atom. The van der Waals surface area contributed by atoms with Crippen LogP contribution in [0.2, 0.25) is 0 Å². The van der Waals surface area contributed by atoms with E-state index < -0.39 is 5.91 Å². The van der Waals surface area contributed by atoms with Crippen LogP contribution >= 0.6 is 11.8 Å². The van der Waals surface area contributed by atoms with Crippen LogP contribution in [0.4, 0.5) is 5.69 Å². The lowest BCUT2D eigenvalue weighted by molar-refractivity contribution is -0.113. The fourth-order valence-electron chi connectivity index (χ4n) is 2.21. The number of primary amides is 1. The number of ether oxygens (including phenoxy) is 1. The molecule has 0 radical (unpaired) electrons. The van der Waals surface area contributed by atoms with Crippen molar-refractivity contribution in [1.29, 1.82) is 0 Å². The molecule has 4 N–H and O–H groups in total. The summed E-state index contributed by atoms with van der Waals surface area (Å²) in [6.07, 6.45) is 0. The molecule has 0 aliphatic rings. The molecule has 9 heteroatoms. The van der Waals surface area contributed by atoms with Crippen LogP contribution in [0.25, 0.3) is 0 Å². The number of aromatic amines is 1. The van der Waals surface area contributed by atoms with E-state index in [0.29, 0.717) is 33.7 Å². The van der Waals surface area contributed by atoms with Gasteiger partial charge in [0.15, 0.2) is 0 Å². The molecule has 2 amide bonds. The molecule has 138 valence electrons. The molecule has 0 unspecified atom stereocenters. The predicted molar refractivity (Wildman–Crippen MR) is 102 cm³/mol. The highest BCUT2D eigenvalue weighted by molar-refractivity contribution is 7.99. The van der Waals surface area contributed by atoms with Gasteiger partial charge < -0.3 is 15.8 Å². The van der Waals surface area contributed by atoms with E-state index in [-0.39, 0.29) is 11.7 Å². The summed E-state index contributed by atoms with van der Waals surface area (Å²) >= 11 is 1.24. The monoisotopic (exact) mass is 383 g/mol. The molecule has 0 aliphatic heterocycles. The van der Waals surface area contributed by atoms with Gasteiger partial charge in [0.2, 0.25) is 11.1 Å². The first-order chi connectivity index (χ1) is 13.0. The number of hydrogen-bond donors (Lipinski definition) is 3. The molecular weight excluding hydrogens is 366 g/mol. The number of nitrogens with one attached hydrogen (secondary N) is 2. The first-order valence-corrected chi connectivity index (χ1v) is 8.98. The average molecular weight is 383 g/mol. The number of hydrogen-bond acceptors (Lipinski definition) is 6. The number of H-pyrrole nitrogens is 1. The molecular formula is C18H17N5O3S. The summed E-state index contributed by atoms with van der Waals surface area (Å²) in [7, 11) is 0. The van der Waals surface area contributed by atoms with Crippen molar-refractivity contribution >= 4 is 29.3 Å². The van der Waals surface area contributed by atoms with Crippen molar-refractivity contribution in [2.24, 2.45) is 5.73 Å². The summed E-state index contributed by atoms with van der Waals surface area (Å²) in [4.78, 5) is 27.6. The van der Waals surface area contributed by atoms with Crippen LogP contribution in [-0.2, 0) is 4.79 Å². The second kappa shape index (κ2) is 8.37. The van der Waals surface area contributed by atoms with Crippen molar-refractivity contribution in [3.05, 3.63) is 59.9 Å². The first kappa shape index (κ1) is 18.5. The molecule has 0 bridgehead atoms. The lowest BCUT2D eigenvalue weighted by atomic mass is 10.2. The molecule has 0 fully saturated rings. The Bertz CT molecular complexity index is 956. The van der Waals surface area contributed by atoms with Crippen LogP contribution < -0.4 is 15.8 Å². The number of rotatable bonds is 7. The topological polar surface area (TPSA) is 123 Å². The summed E-state index contributed by atoms with van der Waals surface area (Å²) in [5.41, 5.74) is 6.27. The second-order valence-electron chi connectivity index (χ2n) is 5.53. The molecule has 2 aromatic carbocycles. The minimum atomic E-state index is -0.562. The highest BCUT2D eigenvalue weighted by atomic mass is 32.2. The van der Waals surface area contributed by atoms with Gasteiger partial charge in [-0.3, -0.25) is 14.7 Å². The third kappa shape index (κ3) is 5.08. The molecule has 0 spiro atoms. The van der Waals surface area contributed by atoms with Gasteiger partial charge in [0.1, 0.15) is 17.3 Å². The maximum atomic E-state index is 12.0. The van der Waals surface area contributed by atoms with Crippen LogP contribution in [0.5, 0.6) is 11.5 Å². The molecule has 8 nitrogen and oxygen atoms in total. The molecule has 3 rings (SSSR count). The molecule has 0 aliphatic carbocycles. The number of anilines is 1. The predicted octanol–water partition coefficient (Wildman–Crippen LogP) is 2.74. The van der Waals surface area contributed by atoms with Gasteiger partial charge in [-0.05, 0) is 43.3 Å². The zero-order valence-corrected chi connectivity index (χ0v) is 15.2. The van der Waals surface area contributed by atoms with Gasteiger partial charge in [0.25, 0.3) is 5.91 Å². The standard InChI is InChI=1S/C18H17N5O3S/c1-11-20-18(23-22-11)27-10-16(24)21-12-6-8-13(9-7-12)26-15-5-3-2-4-14(15)17(19)25/h2-9H,10H2,1H3,(H2,19,25)(H,21,24)(H,20,22,23). The van der Waals surface area contributed by atoms with E-state index in [1.165, 1.54) is 11.8 Å². The average Bonchev–Trinajstić information content (AvgIpc) is 3.07. The molecule has 0 saturated carbocycles. The number of carbonyl (C=O) groups is 2. The molecule has 27 heavy (non-hydrogen) atoms. The van der Waals surface area contributed by atoms with Gasteiger partial charge in [0.05, 0.1) is 11.3 Å². The van der Waals surface area contributed by atoms with Crippen molar-refractivity contribution in [1.82, 2.24) is 15.2 Å². The Labute approximate surface area is 159 Å². The van der Waals surface area contributed by atoms with E-state index >= 15 is 0 Å². The fourth-order valence-corrected chi connectivity index (χ4v) is 2.85. The first-order valence-electron chi connectivity index (χ1n) is 7.99. The number of benzene rings is 2. The largest absolute Gasteiger partial charge is 0.457 e. The van der Waals surface area contributed by atoms with E-state index in [1.54, 1.807) is 55.5 Å². The van der Waals surface area contributed by atoms with Gasteiger partial charge in [0, 0.05) is 5.69 Å². The van der Waals surface area contributed by atoms with Gasteiger partial charge >= 0.3 is 0 Å². The molecule has 3 aromatic rings. The maximum Gasteiger partial charge on any atom is 0.252 e. The summed E-state index contributed by atoms with van der Waals surface area (Å²) < 4.78 is 5.70. The van der Waals surface area contributed by atoms with Crippen LogP contribution in [0.1, 0.15) is 16.2 Å². The van der Waals surface area contributed by atoms with E-state index in [2.05, 4.69) is 20.5 Å². The summed E-state index contributed by atoms with van der Waals surface area (Å²) in [5, 5.41) is 10.00. The lowest BCUT2D eigenvalue weighted by Crippen LogP contribution is -2.14. The SMILES string of the molecule is Cc1nc(SCC(=O)Nc2ccc(Oc3ccccc3C(N)=O)cc2)n[nH]1. The maximum absolute atomic E-state index is 12.0. The number of carbonyl (C=O) groups excluding carboxylic acids is 2. The zero-order chi connectivity index (χ0) is 19.2. The summed E-state index contributed by atoms with van der Waals surface area (Å²) in [5.74, 6) is 1.06. The number of aromatic nitrogens is 3. The Balaban J connectivity index is 1.57. The number of nitrogens with two attached hydrogens (primary N) is 1. The minimum Gasteiger partial charge on any atom is -0.457 e. The van der Waals surface area contributed by atoms with Crippen molar-refractivity contribution in [3.8, 4) is 11.5 Å². The van der Waals surface area contributed by atoms with E-state index in [0.717, 1.165) is 0 Å². The Kier molecular flexibility index (Phi) is 5.72. The number of thioether (sulfide) groups is 1. The van der Waals surface area contributed by atoms with Crippen LogP contribution in [-0.4, -0.2) is 32.7 Å². The third-order valence-corrected chi connectivity index (χ3v) is 4.27. The lowest BCUT2D eigenvalue weighted by Gasteiger charge is -2.10. The third-order valence-electron chi connectivity index (χ3n) is 3.43. The van der Waals surface area contributed by atoms with Crippen molar-refractivity contribution in [3.63, 3.8) is 0 Å². The normalized spacial score (nSPS) is 10.4. The molecule has 1 aromatic heterocycles. The fraction of sp³-hybridized carbons (Fsp3) is 0.111. The summed E-state index contributed by atoms with van der Waals surface area (Å²) in [6, 6.07) is 13.5. The second-order valence-corrected chi connectivity index (χ2v) is 6.47. The van der Waals surface area contributed by atoms with Crippen LogP contribution in [0, 0.1) is 6.92 Å². The number of aryl methyl sites for hydroxylation is 1. The van der Waals surface area contributed by atoms with E-state index in [1.807, 2.05) is 0 Å². The Hall–Kier alpha value is -3.33. The van der Waals surface area contributed by atoms with Gasteiger partial charge in [-0.2, -0.15) is 0 Å². The van der Waals surface area contributed by atoms with Crippen molar-refractivity contribution < 1.29 is 14.3 Å². The van der Waals surface area contributed by atoms with Crippen molar-refractivity contribution in [2.45, 2.75) is 12.1 Å². The number of para-hydroxylation sites is 1. The number of nitrogens with zero attached hydrogens (tertiary/aromatic N) is 2. The quantitative estimate of drug-likeness (QED) is 0.539. The number of amides is 2. The van der Waals surface area contributed by atoms with Crippen LogP contribution in [0.3, 0.4) is 0 Å². The van der Waals surface area contributed by atoms with Gasteiger partial charge in [-0.15, -0.1) is 5.10 Å². The molecule has 0 atom stereocenters. The van der Waals surface area contributed by atoms with Gasteiger partial charge in [-0.25, -0.2) is 4.98 Å².